The minimum absolute atomic E-state index is 0.156. The van der Waals surface area contributed by atoms with Gasteiger partial charge in [0.2, 0.25) is 0 Å². The first-order valence-corrected chi connectivity index (χ1v) is 6.78. The van der Waals surface area contributed by atoms with Crippen LogP contribution >= 0.6 is 11.6 Å². The Bertz CT molecular complexity index is 443. The van der Waals surface area contributed by atoms with Crippen molar-refractivity contribution in [2.45, 2.75) is 24.7 Å². The zero-order chi connectivity index (χ0) is 11.5. The third kappa shape index (κ3) is 3.11. The molecular formula is C10H14ClNO2S. The topological polar surface area (TPSA) is 60.2 Å². The summed E-state index contributed by atoms with van der Waals surface area (Å²) < 4.78 is 23.5. The first-order chi connectivity index (χ1) is 6.97. The van der Waals surface area contributed by atoms with Crippen molar-refractivity contribution in [1.82, 2.24) is 0 Å². The van der Waals surface area contributed by atoms with Gasteiger partial charge in [0, 0.05) is 0 Å². The molecule has 0 heterocycles. The molecule has 2 N–H and O–H groups in total. The molecule has 15 heavy (non-hydrogen) atoms. The molecule has 0 bridgehead atoms. The third-order valence-electron chi connectivity index (χ3n) is 2.10. The van der Waals surface area contributed by atoms with Crippen LogP contribution in [0.5, 0.6) is 0 Å². The minimum Gasteiger partial charge on any atom is -0.398 e. The van der Waals surface area contributed by atoms with Crippen LogP contribution in [0.4, 0.5) is 5.69 Å². The Morgan fingerprint density at radius 2 is 2.07 bits per heavy atom. The van der Waals surface area contributed by atoms with Crippen LogP contribution in [-0.4, -0.2) is 14.2 Å². The van der Waals surface area contributed by atoms with Gasteiger partial charge in [0.15, 0.2) is 9.84 Å². The van der Waals surface area contributed by atoms with Gasteiger partial charge >= 0.3 is 0 Å². The summed E-state index contributed by atoms with van der Waals surface area (Å²) in [5.74, 6) is 0.156. The van der Waals surface area contributed by atoms with E-state index in [0.717, 1.165) is 6.42 Å². The maximum absolute atomic E-state index is 11.8. The maximum atomic E-state index is 11.8. The summed E-state index contributed by atoms with van der Waals surface area (Å²) >= 11 is 5.76. The maximum Gasteiger partial charge on any atom is 0.178 e. The van der Waals surface area contributed by atoms with Crippen LogP contribution in [0.1, 0.15) is 19.8 Å². The van der Waals surface area contributed by atoms with Gasteiger partial charge in [0.05, 0.1) is 21.4 Å². The van der Waals surface area contributed by atoms with Crippen LogP contribution in [0.2, 0.25) is 5.02 Å². The molecule has 1 aromatic carbocycles. The summed E-state index contributed by atoms with van der Waals surface area (Å²) in [6, 6.07) is 4.41. The normalized spacial score (nSPS) is 11.6. The lowest BCUT2D eigenvalue weighted by atomic mass is 10.3. The first-order valence-electron chi connectivity index (χ1n) is 4.75. The second kappa shape index (κ2) is 4.86. The van der Waals surface area contributed by atoms with E-state index in [-0.39, 0.29) is 15.7 Å². The molecule has 84 valence electrons. The molecule has 0 aliphatic heterocycles. The minimum atomic E-state index is -3.20. The van der Waals surface area contributed by atoms with E-state index in [1.54, 1.807) is 0 Å². The highest BCUT2D eigenvalue weighted by molar-refractivity contribution is 7.91. The molecule has 0 fully saturated rings. The third-order valence-corrected chi connectivity index (χ3v) is 4.22. The second-order valence-corrected chi connectivity index (χ2v) is 5.87. The van der Waals surface area contributed by atoms with E-state index in [4.69, 9.17) is 17.3 Å². The predicted molar refractivity (Wildman–Crippen MR) is 62.8 cm³/mol. The Morgan fingerprint density at radius 1 is 1.40 bits per heavy atom. The average Bonchev–Trinajstić information content (AvgIpc) is 2.19. The van der Waals surface area contributed by atoms with Crippen molar-refractivity contribution in [3.63, 3.8) is 0 Å². The van der Waals surface area contributed by atoms with Crippen molar-refractivity contribution in [3.8, 4) is 0 Å². The Morgan fingerprint density at radius 3 is 2.60 bits per heavy atom. The second-order valence-electron chi connectivity index (χ2n) is 3.36. The van der Waals surface area contributed by atoms with Gasteiger partial charge in [0.1, 0.15) is 0 Å². The Balaban J connectivity index is 3.00. The molecule has 5 heteroatoms. The van der Waals surface area contributed by atoms with Crippen LogP contribution in [0.15, 0.2) is 23.1 Å². The van der Waals surface area contributed by atoms with Gasteiger partial charge in [0.25, 0.3) is 0 Å². The quantitative estimate of drug-likeness (QED) is 0.832. The average molecular weight is 248 g/mol. The van der Waals surface area contributed by atoms with Gasteiger partial charge in [-0.15, -0.1) is 0 Å². The van der Waals surface area contributed by atoms with E-state index in [9.17, 15) is 8.42 Å². The number of anilines is 1. The molecule has 0 saturated heterocycles. The van der Waals surface area contributed by atoms with Gasteiger partial charge in [-0.05, 0) is 24.6 Å². The zero-order valence-corrected chi connectivity index (χ0v) is 10.1. The number of nitrogen functional groups attached to an aromatic ring is 1. The van der Waals surface area contributed by atoms with E-state index in [0.29, 0.717) is 12.1 Å². The van der Waals surface area contributed by atoms with Gasteiger partial charge in [-0.3, -0.25) is 0 Å². The number of hydrogen-bond donors (Lipinski definition) is 1. The standard InChI is InChI=1S/C10H14ClNO2S/c1-2-3-6-15(13,14)8-4-5-10(12)9(11)7-8/h4-5,7H,2-3,6,12H2,1H3. The summed E-state index contributed by atoms with van der Waals surface area (Å²) in [7, 11) is -3.20. The lowest BCUT2D eigenvalue weighted by Gasteiger charge is -2.05. The number of halogens is 1. The summed E-state index contributed by atoms with van der Waals surface area (Å²) in [6.07, 6.45) is 1.51. The Labute approximate surface area is 95.2 Å². The number of unbranched alkanes of at least 4 members (excludes halogenated alkanes) is 1. The van der Waals surface area contributed by atoms with Crippen LogP contribution in [0.25, 0.3) is 0 Å². The number of nitrogens with two attached hydrogens (primary N) is 1. The van der Waals surface area contributed by atoms with Gasteiger partial charge in [-0.2, -0.15) is 0 Å². The molecule has 0 spiro atoms. The highest BCUT2D eigenvalue weighted by atomic mass is 35.5. The first kappa shape index (κ1) is 12.3. The predicted octanol–water partition coefficient (Wildman–Crippen LogP) is 2.50. The molecule has 0 aromatic heterocycles. The van der Waals surface area contributed by atoms with E-state index in [1.165, 1.54) is 18.2 Å². The highest BCUT2D eigenvalue weighted by Gasteiger charge is 2.14. The zero-order valence-electron chi connectivity index (χ0n) is 8.53. The van der Waals surface area contributed by atoms with E-state index in [2.05, 4.69) is 0 Å². The number of hydrogen-bond acceptors (Lipinski definition) is 3. The van der Waals surface area contributed by atoms with Crippen LogP contribution in [0, 0.1) is 0 Å². The molecule has 1 aromatic rings. The SMILES string of the molecule is CCCCS(=O)(=O)c1ccc(N)c(Cl)c1. The Hall–Kier alpha value is -0.740. The van der Waals surface area contributed by atoms with E-state index >= 15 is 0 Å². The van der Waals surface area contributed by atoms with Crippen molar-refractivity contribution < 1.29 is 8.42 Å². The smallest absolute Gasteiger partial charge is 0.178 e. The molecule has 3 nitrogen and oxygen atoms in total. The number of sulfone groups is 1. The van der Waals surface area contributed by atoms with Crippen molar-refractivity contribution in [2.24, 2.45) is 0 Å². The van der Waals surface area contributed by atoms with Crippen molar-refractivity contribution in [2.75, 3.05) is 11.5 Å². The number of rotatable bonds is 4. The molecule has 0 saturated carbocycles. The van der Waals surface area contributed by atoms with Gasteiger partial charge in [-0.1, -0.05) is 24.9 Å². The Kier molecular flexibility index (Phi) is 3.99. The summed E-state index contributed by atoms with van der Waals surface area (Å²) in [4.78, 5) is 0.246. The van der Waals surface area contributed by atoms with Gasteiger partial charge in [-0.25, -0.2) is 8.42 Å². The fourth-order valence-corrected chi connectivity index (χ4v) is 2.88. The molecular weight excluding hydrogens is 234 g/mol. The summed E-state index contributed by atoms with van der Waals surface area (Å²) in [6.45, 7) is 1.95. The monoisotopic (exact) mass is 247 g/mol. The van der Waals surface area contributed by atoms with E-state index < -0.39 is 9.84 Å². The fourth-order valence-electron chi connectivity index (χ4n) is 1.15. The fraction of sp³-hybridized carbons (Fsp3) is 0.400. The van der Waals surface area contributed by atoms with Crippen molar-refractivity contribution in [1.29, 1.82) is 0 Å². The molecule has 0 aliphatic rings. The molecule has 0 radical (unpaired) electrons. The lowest BCUT2D eigenvalue weighted by Crippen LogP contribution is -2.06. The van der Waals surface area contributed by atoms with E-state index in [1.807, 2.05) is 6.92 Å². The summed E-state index contributed by atoms with van der Waals surface area (Å²) in [5, 5.41) is 0.285. The molecule has 0 atom stereocenters. The van der Waals surface area contributed by atoms with Crippen molar-refractivity contribution >= 4 is 27.1 Å². The molecule has 0 amide bonds. The lowest BCUT2D eigenvalue weighted by molar-refractivity contribution is 0.592. The van der Waals surface area contributed by atoms with Crippen molar-refractivity contribution in [3.05, 3.63) is 23.2 Å². The molecule has 0 aliphatic carbocycles. The van der Waals surface area contributed by atoms with Crippen LogP contribution < -0.4 is 5.73 Å². The summed E-state index contributed by atoms with van der Waals surface area (Å²) in [5.41, 5.74) is 5.90. The highest BCUT2D eigenvalue weighted by Crippen LogP contribution is 2.23. The van der Waals surface area contributed by atoms with Crippen LogP contribution in [0.3, 0.4) is 0 Å². The largest absolute Gasteiger partial charge is 0.398 e. The number of benzene rings is 1. The molecule has 0 unspecified atom stereocenters. The van der Waals surface area contributed by atoms with Crippen LogP contribution in [-0.2, 0) is 9.84 Å². The van der Waals surface area contributed by atoms with Gasteiger partial charge < -0.3 is 5.73 Å². The molecule has 1 rings (SSSR count).